The molecule has 0 aliphatic heterocycles. The third-order valence-electron chi connectivity index (χ3n) is 2.25. The van der Waals surface area contributed by atoms with Gasteiger partial charge >= 0.3 is 0 Å². The van der Waals surface area contributed by atoms with Crippen molar-refractivity contribution in [2.24, 2.45) is 0 Å². The van der Waals surface area contributed by atoms with Crippen molar-refractivity contribution in [2.75, 3.05) is 7.11 Å². The number of ether oxygens (including phenoxy) is 1. The summed E-state index contributed by atoms with van der Waals surface area (Å²) in [6.45, 7) is 1.46. The van der Waals surface area contributed by atoms with Gasteiger partial charge in [-0.3, -0.25) is 0 Å². The Bertz CT molecular complexity index is 392. The molecule has 0 unspecified atom stereocenters. The molecule has 0 saturated carbocycles. The Balaban J connectivity index is 3.04. The van der Waals surface area contributed by atoms with Crippen molar-refractivity contribution < 1.29 is 18.3 Å². The third kappa shape index (κ3) is 2.70. The van der Waals surface area contributed by atoms with Gasteiger partial charge in [0.2, 0.25) is 0 Å². The summed E-state index contributed by atoms with van der Waals surface area (Å²) in [5.41, 5.74) is 0.492. The van der Waals surface area contributed by atoms with Crippen molar-refractivity contribution in [3.63, 3.8) is 0 Å². The largest absolute Gasteiger partial charge is 0.496 e. The molecule has 1 N–H and O–H groups in total. The zero-order valence-electron chi connectivity index (χ0n) is 8.58. The lowest BCUT2D eigenvalue weighted by atomic mass is 10.1. The highest BCUT2D eigenvalue weighted by Gasteiger charge is 2.21. The van der Waals surface area contributed by atoms with Crippen LogP contribution in [-0.2, 0) is 10.7 Å². The van der Waals surface area contributed by atoms with Crippen LogP contribution >= 0.6 is 0 Å². The molecule has 4 nitrogen and oxygen atoms in total. The van der Waals surface area contributed by atoms with Crippen molar-refractivity contribution >= 4 is 10.7 Å². The predicted octanol–water partition coefficient (Wildman–Crippen LogP) is 0.728. The van der Waals surface area contributed by atoms with E-state index in [1.54, 1.807) is 24.3 Å². The molecule has 84 valence electrons. The molecule has 15 heavy (non-hydrogen) atoms. The van der Waals surface area contributed by atoms with E-state index in [4.69, 9.17) is 4.74 Å². The van der Waals surface area contributed by atoms with Gasteiger partial charge in [0.25, 0.3) is 0 Å². The van der Waals surface area contributed by atoms with E-state index in [-0.39, 0.29) is 0 Å². The van der Waals surface area contributed by atoms with Gasteiger partial charge in [-0.25, -0.2) is 8.42 Å². The number of hydrogen-bond donors (Lipinski definition) is 2. The van der Waals surface area contributed by atoms with Gasteiger partial charge in [-0.05, 0) is 13.0 Å². The van der Waals surface area contributed by atoms with Crippen molar-refractivity contribution in [2.45, 2.75) is 18.3 Å². The third-order valence-corrected chi connectivity index (χ3v) is 3.19. The fourth-order valence-corrected chi connectivity index (χ4v) is 1.68. The Morgan fingerprint density at radius 1 is 1.33 bits per heavy atom. The lowest BCUT2D eigenvalue weighted by Crippen LogP contribution is -2.17. The van der Waals surface area contributed by atoms with Gasteiger partial charge in [-0.15, -0.1) is 0 Å². The van der Waals surface area contributed by atoms with Crippen molar-refractivity contribution in [3.05, 3.63) is 29.8 Å². The molecule has 0 bridgehead atoms. The van der Waals surface area contributed by atoms with Crippen molar-refractivity contribution in [3.8, 4) is 5.75 Å². The van der Waals surface area contributed by atoms with Crippen molar-refractivity contribution in [1.29, 1.82) is 0 Å². The Kier molecular flexibility index (Phi) is 4.11. The topological polar surface area (TPSA) is 63.6 Å². The first-order valence-corrected chi connectivity index (χ1v) is 5.77. The Morgan fingerprint density at radius 3 is 2.47 bits per heavy atom. The summed E-state index contributed by atoms with van der Waals surface area (Å²) < 4.78 is 26.5. The van der Waals surface area contributed by atoms with Crippen LogP contribution in [0.25, 0.3) is 0 Å². The Morgan fingerprint density at radius 2 is 1.93 bits per heavy atom. The number of aliphatic hydroxyl groups excluding tert-OH is 1. The van der Waals surface area contributed by atoms with Gasteiger partial charge in [0.1, 0.15) is 16.5 Å². The summed E-state index contributed by atoms with van der Waals surface area (Å²) in [7, 11) is -1.17. The van der Waals surface area contributed by atoms with E-state index < -0.39 is 22.1 Å². The van der Waals surface area contributed by atoms with Crippen LogP contribution < -0.4 is 4.74 Å². The number of benzene rings is 1. The van der Waals surface area contributed by atoms with E-state index >= 15 is 0 Å². The fraction of sp³-hybridized carbons (Fsp3) is 0.400. The molecule has 0 amide bonds. The number of hydrogen-bond acceptors (Lipinski definition) is 4. The zero-order valence-corrected chi connectivity index (χ0v) is 9.48. The van der Waals surface area contributed by atoms with E-state index in [1.807, 2.05) is 0 Å². The van der Waals surface area contributed by atoms with Gasteiger partial charge in [0, 0.05) is 5.56 Å². The number of thiol groups is 1. The molecule has 0 spiro atoms. The van der Waals surface area contributed by atoms with Gasteiger partial charge in [0.05, 0.1) is 18.5 Å². The SMILES string of the molecule is COc1ccccc1[C@@H](O)[C@@H](C)[SH](=O)=O. The maximum absolute atomic E-state index is 10.7. The molecule has 0 aliphatic carbocycles. The number of aliphatic hydroxyl groups is 1. The van der Waals surface area contributed by atoms with Crippen LogP contribution in [0.3, 0.4) is 0 Å². The molecule has 0 fully saturated rings. The van der Waals surface area contributed by atoms with Crippen molar-refractivity contribution in [1.82, 2.24) is 0 Å². The van der Waals surface area contributed by atoms with Crippen LogP contribution in [0.2, 0.25) is 0 Å². The molecule has 0 saturated heterocycles. The standard InChI is InChI=1S/C10H14O4S/c1-7(15(12)13)10(11)8-5-3-4-6-9(8)14-2/h3-7,10-11,15H,1-2H3/t7-,10+/m1/s1. The first kappa shape index (κ1) is 12.0. The average Bonchev–Trinajstić information content (AvgIpc) is 2.26. The summed E-state index contributed by atoms with van der Waals surface area (Å²) in [5.74, 6) is 0.494. The highest BCUT2D eigenvalue weighted by Crippen LogP contribution is 2.27. The first-order chi connectivity index (χ1) is 7.07. The number of rotatable bonds is 4. The lowest BCUT2D eigenvalue weighted by molar-refractivity contribution is 0.172. The molecule has 1 rings (SSSR count). The predicted molar refractivity (Wildman–Crippen MR) is 57.7 cm³/mol. The van der Waals surface area contributed by atoms with Crippen LogP contribution in [0.4, 0.5) is 0 Å². The highest BCUT2D eigenvalue weighted by atomic mass is 32.2. The maximum atomic E-state index is 10.7. The maximum Gasteiger partial charge on any atom is 0.145 e. The van der Waals surface area contributed by atoms with Gasteiger partial charge < -0.3 is 9.84 Å². The van der Waals surface area contributed by atoms with Gasteiger partial charge in [-0.2, -0.15) is 0 Å². The highest BCUT2D eigenvalue weighted by molar-refractivity contribution is 7.73. The smallest absolute Gasteiger partial charge is 0.145 e. The molecular weight excluding hydrogens is 216 g/mol. The lowest BCUT2D eigenvalue weighted by Gasteiger charge is -2.16. The second kappa shape index (κ2) is 5.14. The molecule has 1 aromatic carbocycles. The summed E-state index contributed by atoms with van der Waals surface area (Å²) >= 11 is 0. The minimum Gasteiger partial charge on any atom is -0.496 e. The van der Waals surface area contributed by atoms with Gasteiger partial charge in [-0.1, -0.05) is 18.2 Å². The molecule has 0 aliphatic rings. The van der Waals surface area contributed by atoms with Gasteiger partial charge in [0.15, 0.2) is 0 Å². The Labute approximate surface area is 90.5 Å². The minimum atomic E-state index is -2.65. The molecule has 0 aromatic heterocycles. The fourth-order valence-electron chi connectivity index (χ4n) is 1.29. The van der Waals surface area contributed by atoms with Crippen LogP contribution in [0.15, 0.2) is 24.3 Å². The average molecular weight is 230 g/mol. The molecule has 1 aromatic rings. The monoisotopic (exact) mass is 230 g/mol. The van der Waals surface area contributed by atoms with E-state index in [9.17, 15) is 13.5 Å². The normalized spacial score (nSPS) is 14.9. The molecule has 2 atom stereocenters. The van der Waals surface area contributed by atoms with E-state index in [0.717, 1.165) is 0 Å². The van der Waals surface area contributed by atoms with Crippen LogP contribution in [0.1, 0.15) is 18.6 Å². The molecule has 0 heterocycles. The van der Waals surface area contributed by atoms with E-state index in [0.29, 0.717) is 11.3 Å². The zero-order chi connectivity index (χ0) is 11.4. The summed E-state index contributed by atoms with van der Waals surface area (Å²) in [5, 5.41) is 8.98. The first-order valence-electron chi connectivity index (χ1n) is 4.52. The van der Waals surface area contributed by atoms with Crippen LogP contribution in [0.5, 0.6) is 5.75 Å². The summed E-state index contributed by atoms with van der Waals surface area (Å²) in [6.07, 6.45) is -1.05. The second-order valence-corrected chi connectivity index (χ2v) is 4.60. The Hall–Kier alpha value is -1.07. The van der Waals surface area contributed by atoms with E-state index in [2.05, 4.69) is 0 Å². The number of methoxy groups -OCH3 is 1. The quantitative estimate of drug-likeness (QED) is 0.748. The molecule has 5 heteroatoms. The van der Waals surface area contributed by atoms with E-state index in [1.165, 1.54) is 14.0 Å². The molecule has 0 radical (unpaired) electrons. The number of para-hydroxylation sites is 1. The second-order valence-electron chi connectivity index (χ2n) is 3.21. The van der Waals surface area contributed by atoms with Crippen LogP contribution in [0, 0.1) is 0 Å². The minimum absolute atomic E-state index is 0.492. The summed E-state index contributed by atoms with van der Waals surface area (Å²) in [6, 6.07) is 6.82. The van der Waals surface area contributed by atoms with Crippen LogP contribution in [-0.4, -0.2) is 25.9 Å². The summed E-state index contributed by atoms with van der Waals surface area (Å²) in [4.78, 5) is 0. The molecular formula is C10H14O4S.